The van der Waals surface area contributed by atoms with E-state index in [0.29, 0.717) is 0 Å². The maximum atomic E-state index is 13.6. The van der Waals surface area contributed by atoms with Gasteiger partial charge < -0.3 is 0 Å². The lowest BCUT2D eigenvalue weighted by Gasteiger charge is -2.06. The molecule has 0 aromatic heterocycles. The Labute approximate surface area is 102 Å². The Balaban J connectivity index is 2.61. The minimum Gasteiger partial charge on any atom is -0.207 e. The first-order chi connectivity index (χ1) is 7.99. The Kier molecular flexibility index (Phi) is 3.11. The topological polar surface area (TPSA) is 0 Å². The van der Waals surface area contributed by atoms with Crippen LogP contribution in [0.1, 0.15) is 5.56 Å². The molecule has 2 aromatic carbocycles. The highest BCUT2D eigenvalue weighted by Crippen LogP contribution is 2.28. The van der Waals surface area contributed by atoms with E-state index in [1.54, 1.807) is 0 Å². The third-order valence-corrected chi connectivity index (χ3v) is 2.76. The molecule has 0 radical (unpaired) electrons. The van der Waals surface area contributed by atoms with Crippen molar-refractivity contribution < 1.29 is 13.2 Å². The molecule has 0 aliphatic rings. The van der Waals surface area contributed by atoms with E-state index in [4.69, 9.17) is 11.6 Å². The summed E-state index contributed by atoms with van der Waals surface area (Å²) in [6, 6.07) is 6.17. The van der Waals surface area contributed by atoms with Crippen molar-refractivity contribution in [1.82, 2.24) is 0 Å². The van der Waals surface area contributed by atoms with Crippen LogP contribution >= 0.6 is 11.6 Å². The minimum atomic E-state index is -0.700. The number of rotatable bonds is 1. The highest BCUT2D eigenvalue weighted by Gasteiger charge is 2.11. The standard InChI is InChI=1S/C13H8ClF3/c1-7-11(15)4-8(5-12(7)16)10-3-2-9(14)6-13(10)17/h2-6H,1H3. The maximum Gasteiger partial charge on any atom is 0.132 e. The van der Waals surface area contributed by atoms with Crippen molar-refractivity contribution in [3.8, 4) is 11.1 Å². The molecule has 0 heterocycles. The van der Waals surface area contributed by atoms with Crippen LogP contribution in [0.15, 0.2) is 30.3 Å². The summed E-state index contributed by atoms with van der Waals surface area (Å²) in [5.74, 6) is -2.01. The summed E-state index contributed by atoms with van der Waals surface area (Å²) in [6.07, 6.45) is 0. The molecule has 0 nitrogen and oxygen atoms in total. The first-order valence-corrected chi connectivity index (χ1v) is 5.28. The van der Waals surface area contributed by atoms with Crippen molar-refractivity contribution in [1.29, 1.82) is 0 Å². The number of hydrogen-bond acceptors (Lipinski definition) is 0. The maximum absolute atomic E-state index is 13.6. The van der Waals surface area contributed by atoms with E-state index in [1.807, 2.05) is 0 Å². The summed E-state index contributed by atoms with van der Waals surface area (Å²) < 4.78 is 40.3. The Morgan fingerprint density at radius 2 is 1.47 bits per heavy atom. The Bertz CT molecular complexity index is 556. The van der Waals surface area contributed by atoms with E-state index in [0.717, 1.165) is 18.2 Å². The molecule has 2 rings (SSSR count). The molecule has 0 aliphatic heterocycles. The fourth-order valence-corrected chi connectivity index (χ4v) is 1.68. The van der Waals surface area contributed by atoms with Gasteiger partial charge in [0, 0.05) is 16.1 Å². The van der Waals surface area contributed by atoms with Gasteiger partial charge in [-0.25, -0.2) is 13.2 Å². The van der Waals surface area contributed by atoms with Crippen molar-refractivity contribution >= 4 is 11.6 Å². The van der Waals surface area contributed by atoms with Crippen molar-refractivity contribution in [2.24, 2.45) is 0 Å². The van der Waals surface area contributed by atoms with Gasteiger partial charge in [0.05, 0.1) is 0 Å². The third-order valence-electron chi connectivity index (χ3n) is 2.52. The molecule has 0 fully saturated rings. The quantitative estimate of drug-likeness (QED) is 0.692. The van der Waals surface area contributed by atoms with Crippen LogP contribution < -0.4 is 0 Å². The van der Waals surface area contributed by atoms with Crippen LogP contribution in [-0.2, 0) is 0 Å². The second-order valence-corrected chi connectivity index (χ2v) is 4.13. The summed E-state index contributed by atoms with van der Waals surface area (Å²) >= 11 is 5.60. The van der Waals surface area contributed by atoms with Gasteiger partial charge in [-0.2, -0.15) is 0 Å². The minimum absolute atomic E-state index is 0.0804. The van der Waals surface area contributed by atoms with Crippen molar-refractivity contribution in [3.05, 3.63) is 58.4 Å². The average Bonchev–Trinajstić information content (AvgIpc) is 2.25. The monoisotopic (exact) mass is 256 g/mol. The lowest BCUT2D eigenvalue weighted by molar-refractivity contribution is 0.568. The summed E-state index contributed by atoms with van der Waals surface area (Å²) in [7, 11) is 0. The van der Waals surface area contributed by atoms with E-state index in [9.17, 15) is 13.2 Å². The number of benzene rings is 2. The van der Waals surface area contributed by atoms with Crippen LogP contribution in [0.25, 0.3) is 11.1 Å². The normalized spacial score (nSPS) is 10.6. The van der Waals surface area contributed by atoms with E-state index in [2.05, 4.69) is 0 Å². The van der Waals surface area contributed by atoms with Gasteiger partial charge in [0.25, 0.3) is 0 Å². The predicted molar refractivity (Wildman–Crippen MR) is 61.5 cm³/mol. The summed E-state index contributed by atoms with van der Waals surface area (Å²) in [6.45, 7) is 1.33. The van der Waals surface area contributed by atoms with Crippen molar-refractivity contribution in [3.63, 3.8) is 0 Å². The van der Waals surface area contributed by atoms with E-state index in [-0.39, 0.29) is 21.7 Å². The van der Waals surface area contributed by atoms with E-state index < -0.39 is 17.5 Å². The van der Waals surface area contributed by atoms with Crippen molar-refractivity contribution in [2.45, 2.75) is 6.92 Å². The zero-order chi connectivity index (χ0) is 12.6. The first-order valence-electron chi connectivity index (χ1n) is 4.90. The van der Waals surface area contributed by atoms with Crippen LogP contribution in [0.2, 0.25) is 5.02 Å². The molecule has 4 heteroatoms. The van der Waals surface area contributed by atoms with Crippen LogP contribution in [0, 0.1) is 24.4 Å². The third kappa shape index (κ3) is 2.29. The second kappa shape index (κ2) is 4.41. The number of halogens is 4. The van der Waals surface area contributed by atoms with Crippen LogP contribution in [0.3, 0.4) is 0 Å². The average molecular weight is 257 g/mol. The highest BCUT2D eigenvalue weighted by molar-refractivity contribution is 6.30. The predicted octanol–water partition coefficient (Wildman–Crippen LogP) is 4.73. The van der Waals surface area contributed by atoms with Crippen LogP contribution in [0.5, 0.6) is 0 Å². The SMILES string of the molecule is Cc1c(F)cc(-c2ccc(Cl)cc2F)cc1F. The molecule has 0 saturated heterocycles. The molecule has 2 aromatic rings. The molecule has 0 unspecified atom stereocenters. The van der Waals surface area contributed by atoms with Crippen LogP contribution in [0.4, 0.5) is 13.2 Å². The summed E-state index contributed by atoms with van der Waals surface area (Å²) in [4.78, 5) is 0. The molecule has 0 amide bonds. The van der Waals surface area contributed by atoms with Crippen molar-refractivity contribution in [2.75, 3.05) is 0 Å². The van der Waals surface area contributed by atoms with Gasteiger partial charge in [-0.1, -0.05) is 11.6 Å². The molecule has 0 N–H and O–H groups in total. The number of hydrogen-bond donors (Lipinski definition) is 0. The van der Waals surface area contributed by atoms with E-state index in [1.165, 1.54) is 19.1 Å². The second-order valence-electron chi connectivity index (χ2n) is 3.69. The van der Waals surface area contributed by atoms with Gasteiger partial charge in [0.15, 0.2) is 0 Å². The van der Waals surface area contributed by atoms with Gasteiger partial charge in [-0.15, -0.1) is 0 Å². The van der Waals surface area contributed by atoms with Gasteiger partial charge in [-0.05, 0) is 42.8 Å². The summed E-state index contributed by atoms with van der Waals surface area (Å²) in [5.41, 5.74) is 0.190. The zero-order valence-corrected chi connectivity index (χ0v) is 9.65. The Morgan fingerprint density at radius 3 is 2.00 bits per heavy atom. The molecule has 0 aliphatic carbocycles. The molecule has 0 saturated carbocycles. The lowest BCUT2D eigenvalue weighted by atomic mass is 10.0. The molecule has 88 valence electrons. The largest absolute Gasteiger partial charge is 0.207 e. The van der Waals surface area contributed by atoms with Crippen LogP contribution in [-0.4, -0.2) is 0 Å². The Hall–Kier alpha value is -1.48. The summed E-state index contributed by atoms with van der Waals surface area (Å²) in [5, 5.41) is 0.235. The molecular weight excluding hydrogens is 249 g/mol. The molecule has 17 heavy (non-hydrogen) atoms. The van der Waals surface area contributed by atoms with Gasteiger partial charge in [0.2, 0.25) is 0 Å². The smallest absolute Gasteiger partial charge is 0.132 e. The van der Waals surface area contributed by atoms with Gasteiger partial charge in [-0.3, -0.25) is 0 Å². The first kappa shape index (κ1) is 12.0. The molecule has 0 atom stereocenters. The van der Waals surface area contributed by atoms with Gasteiger partial charge >= 0.3 is 0 Å². The van der Waals surface area contributed by atoms with E-state index >= 15 is 0 Å². The van der Waals surface area contributed by atoms with Gasteiger partial charge in [0.1, 0.15) is 17.5 Å². The fourth-order valence-electron chi connectivity index (χ4n) is 1.52. The molecule has 0 spiro atoms. The zero-order valence-electron chi connectivity index (χ0n) is 8.90. The lowest BCUT2D eigenvalue weighted by Crippen LogP contribution is -1.92. The molecule has 0 bridgehead atoms. The highest BCUT2D eigenvalue weighted by atomic mass is 35.5. The Morgan fingerprint density at radius 1 is 0.882 bits per heavy atom. The fraction of sp³-hybridized carbons (Fsp3) is 0.0769. The molecular formula is C13H8ClF3.